The third-order valence-electron chi connectivity index (χ3n) is 18.1. The van der Waals surface area contributed by atoms with Gasteiger partial charge in [0.15, 0.2) is 5.82 Å². The number of likely N-dealkylation sites (tertiary alicyclic amines) is 2. The highest BCUT2D eigenvalue weighted by Crippen LogP contribution is 2.52. The fourth-order valence-electron chi connectivity index (χ4n) is 13.3. The number of aromatic nitrogens is 4. The van der Waals surface area contributed by atoms with Crippen molar-refractivity contribution in [3.05, 3.63) is 60.0 Å². The van der Waals surface area contributed by atoms with Gasteiger partial charge in [-0.3, -0.25) is 34.2 Å². The summed E-state index contributed by atoms with van der Waals surface area (Å²) in [6.07, 6.45) is 15.3. The zero-order valence-electron chi connectivity index (χ0n) is 42.9. The van der Waals surface area contributed by atoms with E-state index in [1.54, 1.807) is 6.20 Å². The maximum Gasteiger partial charge on any atom is 0.239 e. The lowest BCUT2D eigenvalue weighted by atomic mass is 9.73. The largest absolute Gasteiger partial charge is 0.366 e. The Labute approximate surface area is 428 Å². The standard InChI is InChI=1S/C56H72N12O5/c1-35(2)67-34-58-46-32-45(60-51(50(46)67)59-40-9-10-40)38-7-12-44-47(29-38)68(42-30-41(31-42)63-19-5-4-6-20-63)55(73)56(44)17-23-62(24-18-56)36(3)53(71)65-25-27-66(28-26-65)54(72)37-15-21-64(22-16-37)48-13-8-39(33-57-48)43-11-14-49(69)61-52(43)70/h7-8,12-13,29,32-37,40-43H,4-6,9-11,14-28,30-31H2,1-3H3,(H,59,60)(H,61,69,70). The second-order valence-electron chi connectivity index (χ2n) is 22.8. The minimum absolute atomic E-state index is 0.0734. The molecule has 2 N–H and O–H groups in total. The van der Waals surface area contributed by atoms with E-state index in [1.807, 2.05) is 35.2 Å². The number of imide groups is 1. The molecule has 6 aliphatic heterocycles. The van der Waals surface area contributed by atoms with Gasteiger partial charge < -0.3 is 34.4 Å². The van der Waals surface area contributed by atoms with Crippen LogP contribution in [-0.2, 0) is 29.4 Å². The van der Waals surface area contributed by atoms with Crippen LogP contribution in [0.4, 0.5) is 17.3 Å². The molecule has 386 valence electrons. The molecule has 2 atom stereocenters. The quantitative estimate of drug-likeness (QED) is 0.172. The summed E-state index contributed by atoms with van der Waals surface area (Å²) in [5.41, 5.74) is 6.12. The van der Waals surface area contributed by atoms with Crippen LogP contribution >= 0.6 is 0 Å². The van der Waals surface area contributed by atoms with E-state index in [-0.39, 0.29) is 59.5 Å². The van der Waals surface area contributed by atoms with Gasteiger partial charge in [0.1, 0.15) is 11.3 Å². The maximum absolute atomic E-state index is 15.3. The highest BCUT2D eigenvalue weighted by molar-refractivity contribution is 6.09. The van der Waals surface area contributed by atoms with Crippen molar-refractivity contribution in [2.75, 3.05) is 80.6 Å². The van der Waals surface area contributed by atoms with Gasteiger partial charge in [-0.2, -0.15) is 0 Å². The van der Waals surface area contributed by atoms with Crippen LogP contribution in [0.3, 0.4) is 0 Å². The molecule has 2 aliphatic carbocycles. The minimum Gasteiger partial charge on any atom is -0.366 e. The summed E-state index contributed by atoms with van der Waals surface area (Å²) in [5.74, 6) is 1.24. The first-order chi connectivity index (χ1) is 35.4. The average molecular weight is 993 g/mol. The number of carbonyl (C=O) groups is 5. The molecule has 4 aromatic rings. The number of piperazine rings is 1. The Kier molecular flexibility index (Phi) is 12.8. The number of anilines is 3. The SMILES string of the molecule is CC(C(=O)N1CCN(C(=O)C2CCN(c3ccc(C4CCC(=O)NC4=O)cn3)CC2)CC1)N1CCC2(CC1)C(=O)N(C1CC(N3CCCCC3)C1)c1cc(-c3cc4ncn(C(C)C)c4c(NC4CC4)n3)ccc12. The number of rotatable bonds is 11. The van der Waals surface area contributed by atoms with Crippen LogP contribution in [0.5, 0.6) is 0 Å². The summed E-state index contributed by atoms with van der Waals surface area (Å²) in [6.45, 7) is 13.5. The van der Waals surface area contributed by atoms with Crippen molar-refractivity contribution in [3.63, 3.8) is 0 Å². The molecule has 73 heavy (non-hydrogen) atoms. The molecule has 3 aromatic heterocycles. The first-order valence-electron chi connectivity index (χ1n) is 27.7. The Morgan fingerprint density at radius 2 is 1.52 bits per heavy atom. The lowest BCUT2D eigenvalue weighted by Crippen LogP contribution is -2.60. The molecule has 9 heterocycles. The number of carbonyl (C=O) groups excluding carboxylic acids is 5. The first-order valence-corrected chi connectivity index (χ1v) is 27.7. The zero-order chi connectivity index (χ0) is 50.1. The molecule has 5 amide bonds. The molecule has 2 saturated carbocycles. The normalized spacial score (nSPS) is 25.6. The molecule has 12 rings (SSSR count). The number of amides is 5. The number of pyridine rings is 2. The molecular formula is C56H72N12O5. The van der Waals surface area contributed by atoms with Gasteiger partial charge in [0, 0.05) is 106 Å². The summed E-state index contributed by atoms with van der Waals surface area (Å²) in [5, 5.41) is 6.13. The van der Waals surface area contributed by atoms with E-state index in [4.69, 9.17) is 9.97 Å². The van der Waals surface area contributed by atoms with Gasteiger partial charge in [0.05, 0.1) is 34.9 Å². The van der Waals surface area contributed by atoms with Crippen LogP contribution in [0.1, 0.15) is 127 Å². The van der Waals surface area contributed by atoms with Crippen LogP contribution in [0, 0.1) is 5.92 Å². The highest BCUT2D eigenvalue weighted by Gasteiger charge is 2.56. The number of benzene rings is 1. The molecule has 7 fully saturated rings. The van der Waals surface area contributed by atoms with Gasteiger partial charge >= 0.3 is 0 Å². The van der Waals surface area contributed by atoms with E-state index in [9.17, 15) is 19.2 Å². The molecule has 1 spiro atoms. The van der Waals surface area contributed by atoms with Gasteiger partial charge in [-0.25, -0.2) is 15.0 Å². The fraction of sp³-hybridized carbons (Fsp3) is 0.607. The highest BCUT2D eigenvalue weighted by atomic mass is 16.2. The van der Waals surface area contributed by atoms with Crippen LogP contribution in [0.15, 0.2) is 48.9 Å². The third kappa shape index (κ3) is 8.95. The molecule has 0 bridgehead atoms. The van der Waals surface area contributed by atoms with Gasteiger partial charge in [-0.05, 0) is 134 Å². The number of nitrogens with zero attached hydrogens (tertiary/aromatic N) is 10. The Morgan fingerprint density at radius 1 is 0.781 bits per heavy atom. The Hall–Kier alpha value is -5.94. The zero-order valence-corrected chi connectivity index (χ0v) is 42.9. The van der Waals surface area contributed by atoms with Crippen LogP contribution in [0.25, 0.3) is 22.3 Å². The van der Waals surface area contributed by atoms with Crippen molar-refractivity contribution < 1.29 is 24.0 Å². The van der Waals surface area contributed by atoms with E-state index in [0.717, 1.165) is 102 Å². The van der Waals surface area contributed by atoms with Gasteiger partial charge in [0.2, 0.25) is 29.5 Å². The summed E-state index contributed by atoms with van der Waals surface area (Å²) in [4.78, 5) is 95.3. The van der Waals surface area contributed by atoms with E-state index >= 15 is 4.79 Å². The number of hydrogen-bond donors (Lipinski definition) is 2. The number of hydrogen-bond acceptors (Lipinski definition) is 12. The molecule has 17 heteroatoms. The van der Waals surface area contributed by atoms with Gasteiger partial charge in [0.25, 0.3) is 0 Å². The molecule has 17 nitrogen and oxygen atoms in total. The van der Waals surface area contributed by atoms with Crippen molar-refractivity contribution in [2.45, 2.75) is 146 Å². The van der Waals surface area contributed by atoms with Crippen molar-refractivity contribution in [2.24, 2.45) is 5.92 Å². The van der Waals surface area contributed by atoms with Gasteiger partial charge in [-0.1, -0.05) is 24.6 Å². The molecule has 0 radical (unpaired) electrons. The van der Waals surface area contributed by atoms with Crippen LogP contribution in [0.2, 0.25) is 0 Å². The number of nitrogens with one attached hydrogen (secondary N) is 2. The molecule has 2 unspecified atom stereocenters. The Morgan fingerprint density at radius 3 is 2.21 bits per heavy atom. The Balaban J connectivity index is 0.686. The fourth-order valence-corrected chi connectivity index (χ4v) is 13.3. The van der Waals surface area contributed by atoms with Crippen molar-refractivity contribution in [1.82, 2.24) is 44.4 Å². The lowest BCUT2D eigenvalue weighted by molar-refractivity contribution is -0.145. The summed E-state index contributed by atoms with van der Waals surface area (Å²) < 4.78 is 2.20. The third-order valence-corrected chi connectivity index (χ3v) is 18.1. The first kappa shape index (κ1) is 48.0. The number of fused-ring (bicyclic) bond motifs is 3. The van der Waals surface area contributed by atoms with Crippen LogP contribution < -0.4 is 20.4 Å². The van der Waals surface area contributed by atoms with Crippen LogP contribution in [-0.4, -0.2) is 158 Å². The second kappa shape index (κ2) is 19.4. The summed E-state index contributed by atoms with van der Waals surface area (Å²) >= 11 is 0. The molecule has 8 aliphatic rings. The van der Waals surface area contributed by atoms with E-state index < -0.39 is 5.41 Å². The maximum atomic E-state index is 15.3. The van der Waals surface area contributed by atoms with Gasteiger partial charge in [-0.15, -0.1) is 0 Å². The molecular weight excluding hydrogens is 921 g/mol. The van der Waals surface area contributed by atoms with Crippen molar-refractivity contribution in [3.8, 4) is 11.3 Å². The predicted molar refractivity (Wildman–Crippen MR) is 279 cm³/mol. The number of imidazole rings is 1. The lowest BCUT2D eigenvalue weighted by Gasteiger charge is -2.48. The van der Waals surface area contributed by atoms with E-state index in [2.05, 4.69) is 77.9 Å². The van der Waals surface area contributed by atoms with Crippen molar-refractivity contribution in [1.29, 1.82) is 0 Å². The summed E-state index contributed by atoms with van der Waals surface area (Å²) in [6, 6.07) is 13.6. The smallest absolute Gasteiger partial charge is 0.239 e. The Bertz CT molecular complexity index is 2770. The topological polar surface area (TPSA) is 172 Å². The molecule has 1 aromatic carbocycles. The molecule has 5 saturated heterocycles. The van der Waals surface area contributed by atoms with E-state index in [1.165, 1.54) is 19.3 Å². The second-order valence-corrected chi connectivity index (χ2v) is 22.8. The van der Waals surface area contributed by atoms with Crippen molar-refractivity contribution >= 4 is 57.9 Å². The minimum atomic E-state index is -0.642. The predicted octanol–water partition coefficient (Wildman–Crippen LogP) is 5.84. The summed E-state index contributed by atoms with van der Waals surface area (Å²) in [7, 11) is 0. The average Bonchev–Trinajstić information content (AvgIpc) is 4.07. The monoisotopic (exact) mass is 993 g/mol. The van der Waals surface area contributed by atoms with E-state index in [0.29, 0.717) is 90.1 Å². The number of piperidine rings is 4.